The summed E-state index contributed by atoms with van der Waals surface area (Å²) in [5, 5.41) is 5.02. The maximum atomic E-state index is 13.8. The van der Waals surface area contributed by atoms with E-state index < -0.39 is 11.7 Å². The molecular formula is C18H14ClFN2O2S. The van der Waals surface area contributed by atoms with Crippen molar-refractivity contribution in [3.63, 3.8) is 0 Å². The summed E-state index contributed by atoms with van der Waals surface area (Å²) in [5.74, 6) is -0.564. The molecule has 128 valence electrons. The number of anilines is 1. The van der Waals surface area contributed by atoms with Crippen molar-refractivity contribution in [2.75, 3.05) is 12.4 Å². The number of nitrogens with one attached hydrogen (secondary N) is 1. The third-order valence-electron chi connectivity index (χ3n) is 3.53. The average molecular weight is 377 g/mol. The molecule has 3 rings (SSSR count). The van der Waals surface area contributed by atoms with E-state index in [1.807, 2.05) is 30.5 Å². The van der Waals surface area contributed by atoms with Crippen molar-refractivity contribution in [3.05, 3.63) is 63.7 Å². The number of amides is 1. The summed E-state index contributed by atoms with van der Waals surface area (Å²) in [7, 11) is 1.59. The Morgan fingerprint density at radius 2 is 2.08 bits per heavy atom. The maximum Gasteiger partial charge on any atom is 0.260 e. The van der Waals surface area contributed by atoms with Crippen molar-refractivity contribution >= 4 is 34.0 Å². The van der Waals surface area contributed by atoms with Gasteiger partial charge in [0.15, 0.2) is 5.13 Å². The number of nitrogens with zero attached hydrogens (tertiary/aromatic N) is 1. The Bertz CT molecular complexity index is 943. The first-order chi connectivity index (χ1) is 12.0. The van der Waals surface area contributed by atoms with Crippen LogP contribution in [0, 0.1) is 12.7 Å². The number of hydrogen-bond donors (Lipinski definition) is 1. The monoisotopic (exact) mass is 376 g/mol. The predicted molar refractivity (Wildman–Crippen MR) is 98.2 cm³/mol. The molecule has 1 aromatic heterocycles. The van der Waals surface area contributed by atoms with Gasteiger partial charge in [-0.2, -0.15) is 0 Å². The van der Waals surface area contributed by atoms with Crippen LogP contribution in [0.5, 0.6) is 5.75 Å². The highest BCUT2D eigenvalue weighted by Crippen LogP contribution is 2.33. The van der Waals surface area contributed by atoms with Crippen molar-refractivity contribution < 1.29 is 13.9 Å². The summed E-state index contributed by atoms with van der Waals surface area (Å²) in [6.07, 6.45) is 0. The van der Waals surface area contributed by atoms with Gasteiger partial charge in [0.1, 0.15) is 11.6 Å². The van der Waals surface area contributed by atoms with E-state index in [0.29, 0.717) is 16.6 Å². The Balaban J connectivity index is 1.85. The first kappa shape index (κ1) is 17.4. The number of benzene rings is 2. The van der Waals surface area contributed by atoms with Crippen LogP contribution in [-0.4, -0.2) is 18.0 Å². The van der Waals surface area contributed by atoms with Gasteiger partial charge in [-0.1, -0.05) is 23.2 Å². The highest BCUT2D eigenvalue weighted by Gasteiger charge is 2.15. The van der Waals surface area contributed by atoms with Crippen molar-refractivity contribution in [3.8, 4) is 17.0 Å². The fraction of sp³-hybridized carbons (Fsp3) is 0.111. The molecule has 0 fully saturated rings. The molecule has 0 atom stereocenters. The third kappa shape index (κ3) is 3.81. The smallest absolute Gasteiger partial charge is 0.260 e. The van der Waals surface area contributed by atoms with Gasteiger partial charge in [0.25, 0.3) is 5.91 Å². The molecule has 7 heteroatoms. The van der Waals surface area contributed by atoms with Crippen LogP contribution in [0.4, 0.5) is 9.52 Å². The summed E-state index contributed by atoms with van der Waals surface area (Å²) < 4.78 is 19.2. The number of rotatable bonds is 4. The van der Waals surface area contributed by atoms with Crippen molar-refractivity contribution in [2.45, 2.75) is 6.92 Å². The van der Waals surface area contributed by atoms with Gasteiger partial charge in [0.05, 0.1) is 18.4 Å². The zero-order valence-electron chi connectivity index (χ0n) is 13.5. The Morgan fingerprint density at radius 1 is 1.28 bits per heavy atom. The second-order valence-corrected chi connectivity index (χ2v) is 6.61. The first-order valence-electron chi connectivity index (χ1n) is 7.35. The van der Waals surface area contributed by atoms with Crippen LogP contribution in [0.2, 0.25) is 5.02 Å². The molecule has 0 saturated carbocycles. The third-order valence-corrected chi connectivity index (χ3v) is 4.52. The lowest BCUT2D eigenvalue weighted by molar-refractivity contribution is 0.102. The van der Waals surface area contributed by atoms with E-state index in [-0.39, 0.29) is 10.6 Å². The fourth-order valence-electron chi connectivity index (χ4n) is 2.31. The largest absolute Gasteiger partial charge is 0.496 e. The van der Waals surface area contributed by atoms with E-state index in [4.69, 9.17) is 16.3 Å². The molecule has 25 heavy (non-hydrogen) atoms. The van der Waals surface area contributed by atoms with Crippen LogP contribution in [0.3, 0.4) is 0 Å². The number of aromatic nitrogens is 1. The molecule has 0 radical (unpaired) electrons. The quantitative estimate of drug-likeness (QED) is 0.683. The molecule has 0 aliphatic carbocycles. The van der Waals surface area contributed by atoms with E-state index in [1.54, 1.807) is 7.11 Å². The predicted octanol–water partition coefficient (Wildman–Crippen LogP) is 5.17. The van der Waals surface area contributed by atoms with Gasteiger partial charge in [-0.15, -0.1) is 11.3 Å². The Morgan fingerprint density at radius 3 is 2.80 bits per heavy atom. The molecule has 2 aromatic carbocycles. The highest BCUT2D eigenvalue weighted by molar-refractivity contribution is 7.14. The minimum absolute atomic E-state index is 0.0886. The Labute approximate surface area is 153 Å². The van der Waals surface area contributed by atoms with Crippen LogP contribution in [0.25, 0.3) is 11.3 Å². The average Bonchev–Trinajstić information content (AvgIpc) is 3.03. The number of methoxy groups -OCH3 is 1. The number of halogens is 2. The maximum absolute atomic E-state index is 13.8. The molecule has 1 N–H and O–H groups in total. The zero-order chi connectivity index (χ0) is 18.0. The Hall–Kier alpha value is -2.44. The summed E-state index contributed by atoms with van der Waals surface area (Å²) in [6, 6.07) is 9.67. The number of ether oxygens (including phenoxy) is 1. The van der Waals surface area contributed by atoms with Gasteiger partial charge in [-0.05, 0) is 37.3 Å². The van der Waals surface area contributed by atoms with E-state index in [0.717, 1.165) is 17.2 Å². The summed E-state index contributed by atoms with van der Waals surface area (Å²) in [5.41, 5.74) is 2.49. The van der Waals surface area contributed by atoms with Gasteiger partial charge in [0.2, 0.25) is 0 Å². The number of aryl methyl sites for hydroxylation is 1. The SMILES string of the molecule is COc1ccc(C)cc1-c1csc(NC(=O)c2ccc(Cl)cc2F)n1. The second-order valence-electron chi connectivity index (χ2n) is 5.32. The van der Waals surface area contributed by atoms with Gasteiger partial charge in [-0.25, -0.2) is 9.37 Å². The second kappa shape index (κ2) is 7.21. The minimum Gasteiger partial charge on any atom is -0.496 e. The molecule has 3 aromatic rings. The lowest BCUT2D eigenvalue weighted by atomic mass is 10.1. The zero-order valence-corrected chi connectivity index (χ0v) is 15.0. The fourth-order valence-corrected chi connectivity index (χ4v) is 3.18. The van der Waals surface area contributed by atoms with Gasteiger partial charge < -0.3 is 4.74 Å². The van der Waals surface area contributed by atoms with Crippen LogP contribution < -0.4 is 10.1 Å². The van der Waals surface area contributed by atoms with Crippen LogP contribution in [-0.2, 0) is 0 Å². The van der Waals surface area contributed by atoms with Crippen molar-refractivity contribution in [1.82, 2.24) is 4.98 Å². The summed E-state index contributed by atoms with van der Waals surface area (Å²) >= 11 is 6.95. The lowest BCUT2D eigenvalue weighted by Crippen LogP contribution is -2.13. The number of hydrogen-bond acceptors (Lipinski definition) is 4. The molecule has 0 spiro atoms. The molecule has 1 heterocycles. The van der Waals surface area contributed by atoms with Gasteiger partial charge in [0, 0.05) is 16.0 Å². The minimum atomic E-state index is -0.679. The number of thiazole rings is 1. The van der Waals surface area contributed by atoms with E-state index in [2.05, 4.69) is 10.3 Å². The van der Waals surface area contributed by atoms with Crippen molar-refractivity contribution in [2.24, 2.45) is 0 Å². The van der Waals surface area contributed by atoms with E-state index >= 15 is 0 Å². The normalized spacial score (nSPS) is 10.6. The van der Waals surface area contributed by atoms with E-state index in [1.165, 1.54) is 23.5 Å². The molecule has 0 saturated heterocycles. The molecule has 0 aliphatic rings. The molecule has 0 aliphatic heterocycles. The molecule has 4 nitrogen and oxygen atoms in total. The van der Waals surface area contributed by atoms with Crippen LogP contribution in [0.1, 0.15) is 15.9 Å². The van der Waals surface area contributed by atoms with E-state index in [9.17, 15) is 9.18 Å². The Kier molecular flexibility index (Phi) is 5.01. The van der Waals surface area contributed by atoms with Gasteiger partial charge in [-0.3, -0.25) is 10.1 Å². The van der Waals surface area contributed by atoms with Crippen molar-refractivity contribution in [1.29, 1.82) is 0 Å². The molecular weight excluding hydrogens is 363 g/mol. The van der Waals surface area contributed by atoms with Gasteiger partial charge >= 0.3 is 0 Å². The summed E-state index contributed by atoms with van der Waals surface area (Å²) in [4.78, 5) is 16.6. The lowest BCUT2D eigenvalue weighted by Gasteiger charge is -2.07. The molecule has 1 amide bonds. The summed E-state index contributed by atoms with van der Waals surface area (Å²) in [6.45, 7) is 1.97. The number of carbonyl (C=O) groups is 1. The highest BCUT2D eigenvalue weighted by atomic mass is 35.5. The van der Waals surface area contributed by atoms with Crippen LogP contribution in [0.15, 0.2) is 41.8 Å². The molecule has 0 unspecified atom stereocenters. The first-order valence-corrected chi connectivity index (χ1v) is 8.60. The standard InChI is InChI=1S/C18H14ClFN2O2S/c1-10-3-6-16(24-2)13(7-10)15-9-25-18(21-15)22-17(23)12-5-4-11(19)8-14(12)20/h3-9H,1-2H3,(H,21,22,23). The molecule has 0 bridgehead atoms. The van der Waals surface area contributed by atoms with Crippen LogP contribution >= 0.6 is 22.9 Å². The number of carbonyl (C=O) groups excluding carboxylic acids is 1. The topological polar surface area (TPSA) is 51.2 Å².